The second kappa shape index (κ2) is 7.00. The van der Waals surface area contributed by atoms with E-state index in [-0.39, 0.29) is 6.42 Å². The summed E-state index contributed by atoms with van der Waals surface area (Å²) >= 11 is 0. The van der Waals surface area contributed by atoms with Crippen molar-refractivity contribution in [3.05, 3.63) is 11.6 Å². The van der Waals surface area contributed by atoms with Gasteiger partial charge >= 0.3 is 5.97 Å². The first-order chi connectivity index (χ1) is 6.97. The summed E-state index contributed by atoms with van der Waals surface area (Å²) in [5, 5.41) is 11.2. The first kappa shape index (κ1) is 13.6. The summed E-state index contributed by atoms with van der Waals surface area (Å²) in [6, 6.07) is -0.895. The number of aliphatic carboxylic acids is 1. The molecule has 15 heavy (non-hydrogen) atoms. The lowest BCUT2D eigenvalue weighted by molar-refractivity contribution is -0.141. The fraction of sp³-hybridized carbons (Fsp3) is 0.600. The van der Waals surface area contributed by atoms with E-state index in [2.05, 4.69) is 5.32 Å². The van der Waals surface area contributed by atoms with Crippen molar-refractivity contribution in [3.63, 3.8) is 0 Å². The molecule has 5 heteroatoms. The van der Waals surface area contributed by atoms with E-state index in [1.807, 2.05) is 0 Å². The molecule has 0 aromatic rings. The van der Waals surface area contributed by atoms with Crippen molar-refractivity contribution >= 4 is 11.9 Å². The number of methoxy groups -OCH3 is 1. The number of carbonyl (C=O) groups is 2. The molecule has 0 aromatic heterocycles. The molecule has 0 radical (unpaired) electrons. The Balaban J connectivity index is 4.22. The Morgan fingerprint density at radius 2 is 2.07 bits per heavy atom. The molecule has 0 saturated carbocycles. The number of rotatable bonds is 6. The molecule has 5 nitrogen and oxygen atoms in total. The van der Waals surface area contributed by atoms with Crippen molar-refractivity contribution in [2.45, 2.75) is 26.3 Å². The minimum Gasteiger partial charge on any atom is -0.480 e. The largest absolute Gasteiger partial charge is 0.480 e. The van der Waals surface area contributed by atoms with Gasteiger partial charge in [-0.2, -0.15) is 0 Å². The van der Waals surface area contributed by atoms with Gasteiger partial charge in [0.1, 0.15) is 6.04 Å². The van der Waals surface area contributed by atoms with Crippen LogP contribution >= 0.6 is 0 Å². The van der Waals surface area contributed by atoms with Gasteiger partial charge in [-0.25, -0.2) is 4.79 Å². The average Bonchev–Trinajstić information content (AvgIpc) is 2.10. The first-order valence-electron chi connectivity index (χ1n) is 4.64. The highest BCUT2D eigenvalue weighted by Gasteiger charge is 2.18. The van der Waals surface area contributed by atoms with Crippen molar-refractivity contribution in [3.8, 4) is 0 Å². The number of ether oxygens (including phenoxy) is 1. The number of carboxylic acids is 1. The van der Waals surface area contributed by atoms with Crippen LogP contribution in [-0.2, 0) is 14.3 Å². The molecular weight excluding hydrogens is 198 g/mol. The van der Waals surface area contributed by atoms with Crippen LogP contribution in [0, 0.1) is 0 Å². The first-order valence-corrected chi connectivity index (χ1v) is 4.64. The number of carboxylic acid groups (broad SMARTS) is 1. The van der Waals surface area contributed by atoms with Gasteiger partial charge in [-0.05, 0) is 13.8 Å². The monoisotopic (exact) mass is 215 g/mol. The number of amides is 1. The van der Waals surface area contributed by atoms with Crippen LogP contribution in [0.4, 0.5) is 0 Å². The molecule has 0 fully saturated rings. The molecule has 0 heterocycles. The Morgan fingerprint density at radius 1 is 1.47 bits per heavy atom. The molecule has 0 aliphatic heterocycles. The number of hydrogen-bond acceptors (Lipinski definition) is 3. The molecule has 1 unspecified atom stereocenters. The summed E-state index contributed by atoms with van der Waals surface area (Å²) < 4.78 is 4.76. The lowest BCUT2D eigenvalue weighted by Gasteiger charge is -2.12. The predicted octanol–water partition coefficient (Wildman–Crippen LogP) is 0.558. The van der Waals surface area contributed by atoms with Gasteiger partial charge in [-0.15, -0.1) is 0 Å². The molecule has 0 aliphatic rings. The number of nitrogens with one attached hydrogen (secondary N) is 1. The summed E-state index contributed by atoms with van der Waals surface area (Å²) in [4.78, 5) is 22.0. The van der Waals surface area contributed by atoms with Crippen molar-refractivity contribution < 1.29 is 19.4 Å². The quantitative estimate of drug-likeness (QED) is 0.635. The molecule has 0 spiro atoms. The molecule has 86 valence electrons. The molecular formula is C10H17NO4. The number of hydrogen-bond donors (Lipinski definition) is 2. The number of allylic oxidation sites excluding steroid dienone is 1. The maximum absolute atomic E-state index is 11.2. The Hall–Kier alpha value is -1.36. The van der Waals surface area contributed by atoms with E-state index in [4.69, 9.17) is 9.84 Å². The van der Waals surface area contributed by atoms with Crippen LogP contribution in [0.3, 0.4) is 0 Å². The minimum absolute atomic E-state index is 0.258. The average molecular weight is 215 g/mol. The summed E-state index contributed by atoms with van der Waals surface area (Å²) in [5.74, 6) is -1.44. The van der Waals surface area contributed by atoms with Crippen LogP contribution in [0.5, 0.6) is 0 Å². The molecule has 1 atom stereocenters. The molecule has 0 rings (SSSR count). The Bertz CT molecular complexity index is 256. The second-order valence-corrected chi connectivity index (χ2v) is 3.40. The lowest BCUT2D eigenvalue weighted by Crippen LogP contribution is -2.40. The number of carbonyl (C=O) groups excluding carboxylic acids is 1. The van der Waals surface area contributed by atoms with Gasteiger partial charge in [0.25, 0.3) is 0 Å². The third-order valence-corrected chi connectivity index (χ3v) is 1.65. The zero-order valence-corrected chi connectivity index (χ0v) is 9.24. The lowest BCUT2D eigenvalue weighted by atomic mass is 10.2. The van der Waals surface area contributed by atoms with E-state index in [1.54, 1.807) is 13.8 Å². The molecule has 0 bridgehead atoms. The smallest absolute Gasteiger partial charge is 0.326 e. The van der Waals surface area contributed by atoms with Crippen LogP contribution in [0.1, 0.15) is 20.3 Å². The maximum atomic E-state index is 11.2. The Labute approximate surface area is 89.1 Å². The third-order valence-electron chi connectivity index (χ3n) is 1.65. The van der Waals surface area contributed by atoms with Gasteiger partial charge in [0.05, 0.1) is 0 Å². The molecule has 2 N–H and O–H groups in total. The van der Waals surface area contributed by atoms with Gasteiger partial charge in [0, 0.05) is 26.2 Å². The summed E-state index contributed by atoms with van der Waals surface area (Å²) in [5.41, 5.74) is 0.823. The van der Waals surface area contributed by atoms with Crippen LogP contribution < -0.4 is 5.32 Å². The van der Waals surface area contributed by atoms with Gasteiger partial charge in [0.15, 0.2) is 0 Å². The van der Waals surface area contributed by atoms with E-state index in [1.165, 1.54) is 13.2 Å². The van der Waals surface area contributed by atoms with Gasteiger partial charge < -0.3 is 15.2 Å². The third kappa shape index (κ3) is 6.68. The zero-order valence-electron chi connectivity index (χ0n) is 9.24. The summed E-state index contributed by atoms with van der Waals surface area (Å²) in [6.45, 7) is 3.83. The van der Waals surface area contributed by atoms with E-state index < -0.39 is 17.9 Å². The van der Waals surface area contributed by atoms with Crippen LogP contribution in [0.15, 0.2) is 11.6 Å². The SMILES string of the molecule is COCCC(NC(=O)C=C(C)C)C(=O)O. The van der Waals surface area contributed by atoms with Crippen molar-refractivity contribution in [2.24, 2.45) is 0 Å². The standard InChI is InChI=1S/C10H17NO4/c1-7(2)6-9(12)11-8(10(13)14)4-5-15-3/h6,8H,4-5H2,1-3H3,(H,11,12)(H,13,14). The maximum Gasteiger partial charge on any atom is 0.326 e. The normalized spacial score (nSPS) is 11.7. The van der Waals surface area contributed by atoms with E-state index >= 15 is 0 Å². The molecule has 0 saturated heterocycles. The van der Waals surface area contributed by atoms with Crippen LogP contribution in [0.25, 0.3) is 0 Å². The molecule has 0 aliphatic carbocycles. The van der Waals surface area contributed by atoms with Crippen molar-refractivity contribution in [1.82, 2.24) is 5.32 Å². The van der Waals surface area contributed by atoms with Crippen molar-refractivity contribution in [2.75, 3.05) is 13.7 Å². The highest BCUT2D eigenvalue weighted by atomic mass is 16.5. The fourth-order valence-electron chi connectivity index (χ4n) is 0.969. The Kier molecular flexibility index (Phi) is 6.37. The van der Waals surface area contributed by atoms with E-state index in [9.17, 15) is 9.59 Å². The summed E-state index contributed by atoms with van der Waals surface area (Å²) in [7, 11) is 1.48. The molecule has 0 aromatic carbocycles. The van der Waals surface area contributed by atoms with Gasteiger partial charge in [0.2, 0.25) is 5.91 Å². The summed E-state index contributed by atoms with van der Waals surface area (Å²) in [6.07, 6.45) is 1.62. The van der Waals surface area contributed by atoms with E-state index in [0.717, 1.165) is 5.57 Å². The van der Waals surface area contributed by atoms with Crippen LogP contribution in [0.2, 0.25) is 0 Å². The highest BCUT2D eigenvalue weighted by molar-refractivity contribution is 5.91. The topological polar surface area (TPSA) is 75.6 Å². The van der Waals surface area contributed by atoms with Crippen molar-refractivity contribution in [1.29, 1.82) is 0 Å². The van der Waals surface area contributed by atoms with Gasteiger partial charge in [-0.3, -0.25) is 4.79 Å². The van der Waals surface area contributed by atoms with Crippen LogP contribution in [-0.4, -0.2) is 36.7 Å². The van der Waals surface area contributed by atoms with E-state index in [0.29, 0.717) is 6.61 Å². The Morgan fingerprint density at radius 3 is 2.47 bits per heavy atom. The minimum atomic E-state index is -1.05. The second-order valence-electron chi connectivity index (χ2n) is 3.40. The highest BCUT2D eigenvalue weighted by Crippen LogP contribution is 1.95. The predicted molar refractivity (Wildman–Crippen MR) is 55.5 cm³/mol. The fourth-order valence-corrected chi connectivity index (χ4v) is 0.969. The van der Waals surface area contributed by atoms with Gasteiger partial charge in [-0.1, -0.05) is 5.57 Å². The molecule has 1 amide bonds. The zero-order chi connectivity index (χ0) is 11.8.